The highest BCUT2D eigenvalue weighted by molar-refractivity contribution is 5.27. The van der Waals surface area contributed by atoms with Crippen LogP contribution in [0.5, 0.6) is 5.75 Å². The molecule has 4 nitrogen and oxygen atoms in total. The van der Waals surface area contributed by atoms with E-state index in [1.807, 2.05) is 7.05 Å². The molecule has 0 unspecified atom stereocenters. The van der Waals surface area contributed by atoms with Crippen LogP contribution in [0.25, 0.3) is 0 Å². The molecule has 0 saturated carbocycles. The summed E-state index contributed by atoms with van der Waals surface area (Å²) in [5.74, 6) is 1.83. The summed E-state index contributed by atoms with van der Waals surface area (Å²) >= 11 is 0. The second-order valence-corrected chi connectivity index (χ2v) is 6.10. The number of nitrogens with one attached hydrogen (secondary N) is 1. The third kappa shape index (κ3) is 5.95. The Hall–Kier alpha value is -1.10. The molecule has 1 saturated heterocycles. The fraction of sp³-hybridized carbons (Fsp3) is 0.667. The Morgan fingerprint density at radius 1 is 1.14 bits per heavy atom. The van der Waals surface area contributed by atoms with Gasteiger partial charge in [0.05, 0.1) is 6.61 Å². The summed E-state index contributed by atoms with van der Waals surface area (Å²) in [6, 6.07) is 8.47. The van der Waals surface area contributed by atoms with Crippen molar-refractivity contribution in [3.8, 4) is 5.75 Å². The van der Waals surface area contributed by atoms with Crippen LogP contribution < -0.4 is 10.1 Å². The Kier molecular flexibility index (Phi) is 7.71. The molecule has 4 heteroatoms. The van der Waals surface area contributed by atoms with Crippen LogP contribution in [0.2, 0.25) is 0 Å². The van der Waals surface area contributed by atoms with E-state index in [-0.39, 0.29) is 0 Å². The van der Waals surface area contributed by atoms with Crippen molar-refractivity contribution in [3.63, 3.8) is 0 Å². The molecule has 1 aromatic carbocycles. The van der Waals surface area contributed by atoms with Crippen LogP contribution in [0.4, 0.5) is 0 Å². The van der Waals surface area contributed by atoms with Gasteiger partial charge in [-0.1, -0.05) is 12.1 Å². The van der Waals surface area contributed by atoms with Crippen molar-refractivity contribution in [3.05, 3.63) is 29.8 Å². The monoisotopic (exact) mass is 306 g/mol. The predicted molar refractivity (Wildman–Crippen MR) is 90.4 cm³/mol. The maximum atomic E-state index is 5.60. The van der Waals surface area contributed by atoms with Gasteiger partial charge in [0.25, 0.3) is 0 Å². The van der Waals surface area contributed by atoms with E-state index in [2.05, 4.69) is 34.5 Å². The van der Waals surface area contributed by atoms with Crippen molar-refractivity contribution in [2.45, 2.75) is 25.8 Å². The molecule has 124 valence electrons. The predicted octanol–water partition coefficient (Wildman–Crippen LogP) is 2.53. The quantitative estimate of drug-likeness (QED) is 0.711. The second-order valence-electron chi connectivity index (χ2n) is 6.10. The van der Waals surface area contributed by atoms with E-state index in [1.165, 1.54) is 37.9 Å². The molecule has 0 atom stereocenters. The molecule has 1 fully saturated rings. The van der Waals surface area contributed by atoms with E-state index in [0.717, 1.165) is 24.8 Å². The van der Waals surface area contributed by atoms with Crippen LogP contribution in [0.3, 0.4) is 0 Å². The third-order valence-corrected chi connectivity index (χ3v) is 4.40. The van der Waals surface area contributed by atoms with Crippen LogP contribution in [0, 0.1) is 5.92 Å². The van der Waals surface area contributed by atoms with Gasteiger partial charge in [0.1, 0.15) is 12.4 Å². The minimum atomic E-state index is 0.607. The van der Waals surface area contributed by atoms with E-state index >= 15 is 0 Å². The fourth-order valence-electron chi connectivity index (χ4n) is 2.97. The topological polar surface area (TPSA) is 33.7 Å². The van der Waals surface area contributed by atoms with Crippen molar-refractivity contribution in [1.82, 2.24) is 10.2 Å². The van der Waals surface area contributed by atoms with Gasteiger partial charge in [-0.3, -0.25) is 4.90 Å². The summed E-state index contributed by atoms with van der Waals surface area (Å²) in [7, 11) is 3.73. The van der Waals surface area contributed by atoms with Gasteiger partial charge in [0.15, 0.2) is 0 Å². The van der Waals surface area contributed by atoms with Gasteiger partial charge in [0, 0.05) is 13.7 Å². The summed E-state index contributed by atoms with van der Waals surface area (Å²) in [6.45, 7) is 5.88. The largest absolute Gasteiger partial charge is 0.491 e. The molecule has 22 heavy (non-hydrogen) atoms. The first-order valence-corrected chi connectivity index (χ1v) is 8.39. The van der Waals surface area contributed by atoms with Gasteiger partial charge in [-0.05, 0) is 69.6 Å². The Bertz CT molecular complexity index is 400. The molecule has 1 N–H and O–H groups in total. The van der Waals surface area contributed by atoms with E-state index in [4.69, 9.17) is 9.47 Å². The highest BCUT2D eigenvalue weighted by atomic mass is 16.5. The number of piperidine rings is 1. The van der Waals surface area contributed by atoms with Gasteiger partial charge in [0.2, 0.25) is 0 Å². The van der Waals surface area contributed by atoms with Crippen molar-refractivity contribution >= 4 is 0 Å². The van der Waals surface area contributed by atoms with Gasteiger partial charge in [-0.15, -0.1) is 0 Å². The number of methoxy groups -OCH3 is 1. The first kappa shape index (κ1) is 17.3. The Labute approximate surface area is 134 Å². The zero-order valence-corrected chi connectivity index (χ0v) is 14.0. The normalized spacial score (nSPS) is 16.8. The van der Waals surface area contributed by atoms with Crippen LogP contribution in [0.15, 0.2) is 24.3 Å². The number of rotatable bonds is 9. The van der Waals surface area contributed by atoms with Crippen LogP contribution in [-0.4, -0.2) is 51.9 Å². The lowest BCUT2D eigenvalue weighted by Crippen LogP contribution is -2.34. The molecular formula is C18H30N2O2. The van der Waals surface area contributed by atoms with Crippen LogP contribution >= 0.6 is 0 Å². The van der Waals surface area contributed by atoms with Crippen molar-refractivity contribution in [1.29, 1.82) is 0 Å². The van der Waals surface area contributed by atoms with Gasteiger partial charge < -0.3 is 14.8 Å². The maximum absolute atomic E-state index is 5.60. The van der Waals surface area contributed by atoms with E-state index in [0.29, 0.717) is 13.2 Å². The summed E-state index contributed by atoms with van der Waals surface area (Å²) in [5.41, 5.74) is 1.37. The smallest absolute Gasteiger partial charge is 0.119 e. The molecule has 0 bridgehead atoms. The highest BCUT2D eigenvalue weighted by Crippen LogP contribution is 2.22. The number of hydrogen-bond donors (Lipinski definition) is 1. The minimum Gasteiger partial charge on any atom is -0.491 e. The average Bonchev–Trinajstić information content (AvgIpc) is 2.56. The fourth-order valence-corrected chi connectivity index (χ4v) is 2.97. The lowest BCUT2D eigenvalue weighted by Gasteiger charge is -2.32. The van der Waals surface area contributed by atoms with E-state index < -0.39 is 0 Å². The van der Waals surface area contributed by atoms with Crippen LogP contribution in [-0.2, 0) is 11.3 Å². The molecule has 0 aromatic heterocycles. The zero-order valence-electron chi connectivity index (χ0n) is 14.0. The second kappa shape index (κ2) is 9.82. The van der Waals surface area contributed by atoms with Crippen molar-refractivity contribution < 1.29 is 9.47 Å². The summed E-state index contributed by atoms with van der Waals surface area (Å²) in [4.78, 5) is 2.57. The number of likely N-dealkylation sites (tertiary alicyclic amines) is 1. The average molecular weight is 306 g/mol. The molecule has 1 aromatic rings. The molecule has 2 rings (SSSR count). The third-order valence-electron chi connectivity index (χ3n) is 4.40. The Morgan fingerprint density at radius 3 is 2.50 bits per heavy atom. The van der Waals surface area contributed by atoms with Gasteiger partial charge in [-0.25, -0.2) is 0 Å². The first-order valence-electron chi connectivity index (χ1n) is 8.39. The van der Waals surface area contributed by atoms with Crippen molar-refractivity contribution in [2.24, 2.45) is 5.92 Å². The zero-order chi connectivity index (χ0) is 15.6. The highest BCUT2D eigenvalue weighted by Gasteiger charge is 2.18. The lowest BCUT2D eigenvalue weighted by molar-refractivity contribution is 0.146. The number of ether oxygens (including phenoxy) is 2. The van der Waals surface area contributed by atoms with Crippen LogP contribution in [0.1, 0.15) is 24.8 Å². The number of nitrogens with zero attached hydrogens (tertiary/aromatic N) is 1. The SMILES string of the molecule is CNCCC1CCN(Cc2ccc(OCCOC)cc2)CC1. The maximum Gasteiger partial charge on any atom is 0.119 e. The van der Waals surface area contributed by atoms with Gasteiger partial charge in [-0.2, -0.15) is 0 Å². The number of benzene rings is 1. The molecule has 1 heterocycles. The van der Waals surface area contributed by atoms with Gasteiger partial charge >= 0.3 is 0 Å². The molecule has 1 aliphatic rings. The Morgan fingerprint density at radius 2 is 1.86 bits per heavy atom. The standard InChI is InChI=1S/C18H30N2O2/c1-19-10-7-16-8-11-20(12-9-16)15-17-3-5-18(6-4-17)22-14-13-21-2/h3-6,16,19H,7-15H2,1-2H3. The van der Waals surface area contributed by atoms with Crippen molar-refractivity contribution in [2.75, 3.05) is 47.0 Å². The summed E-state index contributed by atoms with van der Waals surface area (Å²) in [5, 5.41) is 3.26. The molecule has 1 aliphatic heterocycles. The first-order chi connectivity index (χ1) is 10.8. The minimum absolute atomic E-state index is 0.607. The lowest BCUT2D eigenvalue weighted by atomic mass is 9.93. The van der Waals surface area contributed by atoms with E-state index in [1.54, 1.807) is 7.11 Å². The summed E-state index contributed by atoms with van der Waals surface area (Å²) < 4.78 is 10.6. The summed E-state index contributed by atoms with van der Waals surface area (Å²) in [6.07, 6.45) is 3.98. The molecular weight excluding hydrogens is 276 g/mol. The molecule has 0 amide bonds. The number of hydrogen-bond acceptors (Lipinski definition) is 4. The Balaban J connectivity index is 1.70. The molecule has 0 spiro atoms. The molecule has 0 radical (unpaired) electrons. The van der Waals surface area contributed by atoms with E-state index in [9.17, 15) is 0 Å². The molecule has 0 aliphatic carbocycles.